The van der Waals surface area contributed by atoms with Crippen molar-refractivity contribution in [1.82, 2.24) is 20.1 Å². The van der Waals surface area contributed by atoms with Gasteiger partial charge < -0.3 is 16.0 Å². The Morgan fingerprint density at radius 1 is 1.45 bits per heavy atom. The van der Waals surface area contributed by atoms with Gasteiger partial charge in [-0.2, -0.15) is 0 Å². The van der Waals surface area contributed by atoms with Crippen LogP contribution in [0.4, 0.5) is 0 Å². The monoisotopic (exact) mass is 422 g/mol. The van der Waals surface area contributed by atoms with Crippen LogP contribution in [0, 0.1) is 0 Å². The topological polar surface area (TPSA) is 121 Å². The smallest absolute Gasteiger partial charge is 0.240 e. The summed E-state index contributed by atoms with van der Waals surface area (Å²) in [5.74, 6) is -0.132. The molecule has 2 atom stereocenters. The van der Waals surface area contributed by atoms with E-state index in [0.717, 1.165) is 6.54 Å². The number of rotatable bonds is 10. The van der Waals surface area contributed by atoms with Gasteiger partial charge in [0.25, 0.3) is 0 Å². The van der Waals surface area contributed by atoms with Crippen LogP contribution in [0.3, 0.4) is 0 Å². The molecule has 1 fully saturated rings. The van der Waals surface area contributed by atoms with Crippen LogP contribution in [0.25, 0.3) is 0 Å². The van der Waals surface area contributed by atoms with Crippen LogP contribution < -0.4 is 11.1 Å². The molecule has 0 unspecified atom stereocenters. The van der Waals surface area contributed by atoms with Crippen LogP contribution in [0.2, 0.25) is 0 Å². The second-order valence-corrected chi connectivity index (χ2v) is 8.05. The van der Waals surface area contributed by atoms with Gasteiger partial charge in [-0.05, 0) is 33.2 Å². The number of hydrogen-bond acceptors (Lipinski definition) is 7. The van der Waals surface area contributed by atoms with E-state index >= 15 is 0 Å². The summed E-state index contributed by atoms with van der Waals surface area (Å²) in [5, 5.41) is 4.88. The van der Waals surface area contributed by atoms with Crippen molar-refractivity contribution in [1.29, 1.82) is 0 Å². The zero-order valence-corrected chi connectivity index (χ0v) is 18.1. The molecule has 0 aromatic carbocycles. The molecular formula is C19H30N6O3S. The quantitative estimate of drug-likeness (QED) is 0.245. The minimum Gasteiger partial charge on any atom is -0.388 e. The van der Waals surface area contributed by atoms with E-state index in [0.29, 0.717) is 43.2 Å². The molecule has 2 heterocycles. The maximum absolute atomic E-state index is 12.8. The van der Waals surface area contributed by atoms with E-state index in [2.05, 4.69) is 15.3 Å². The molecule has 1 aliphatic rings. The number of hydrogen-bond donors (Lipinski definition) is 2. The summed E-state index contributed by atoms with van der Waals surface area (Å²) in [7, 11) is 1.91. The maximum Gasteiger partial charge on any atom is 0.240 e. The van der Waals surface area contributed by atoms with Gasteiger partial charge in [0, 0.05) is 31.2 Å². The normalized spacial score (nSPS) is 19.3. The van der Waals surface area contributed by atoms with Crippen LogP contribution in [0.1, 0.15) is 42.9 Å². The fourth-order valence-electron chi connectivity index (χ4n) is 3.31. The molecule has 0 saturated carbocycles. The van der Waals surface area contributed by atoms with Gasteiger partial charge >= 0.3 is 0 Å². The van der Waals surface area contributed by atoms with Crippen molar-refractivity contribution >= 4 is 34.8 Å². The van der Waals surface area contributed by atoms with Gasteiger partial charge in [0.2, 0.25) is 17.6 Å². The lowest BCUT2D eigenvalue weighted by atomic mass is 10.1. The fourth-order valence-corrected chi connectivity index (χ4v) is 3.94. The highest BCUT2D eigenvalue weighted by Crippen LogP contribution is 2.14. The molecule has 160 valence electrons. The van der Waals surface area contributed by atoms with Crippen molar-refractivity contribution in [3.63, 3.8) is 0 Å². The average Bonchev–Trinajstić information content (AvgIpc) is 3.21. The van der Waals surface area contributed by atoms with E-state index in [1.165, 1.54) is 11.3 Å². The molecule has 0 spiro atoms. The SMILES string of the molecule is CC[C@H]1C(=O)N(CC(=O)N[C@@H](CCCN=C(C)N)C(=O)c2nccs2)CCN1C. The summed E-state index contributed by atoms with van der Waals surface area (Å²) in [5.41, 5.74) is 5.54. The Morgan fingerprint density at radius 3 is 2.83 bits per heavy atom. The van der Waals surface area contributed by atoms with Crippen molar-refractivity contribution in [3.8, 4) is 0 Å². The van der Waals surface area contributed by atoms with E-state index in [9.17, 15) is 14.4 Å². The third-order valence-corrected chi connectivity index (χ3v) is 5.67. The number of amides is 2. The van der Waals surface area contributed by atoms with Crippen LogP contribution in [-0.4, -0.2) is 83.5 Å². The highest BCUT2D eigenvalue weighted by atomic mass is 32.1. The summed E-state index contributed by atoms with van der Waals surface area (Å²) in [6, 6.07) is -0.909. The molecular weight excluding hydrogens is 392 g/mol. The van der Waals surface area contributed by atoms with E-state index in [4.69, 9.17) is 5.73 Å². The second kappa shape index (κ2) is 11.0. The number of nitrogens with one attached hydrogen (secondary N) is 1. The van der Waals surface area contributed by atoms with Gasteiger partial charge in [0.1, 0.15) is 0 Å². The number of aliphatic imine (C=N–C) groups is 1. The number of likely N-dealkylation sites (N-methyl/N-ethyl adjacent to an activating group) is 1. The molecule has 1 aliphatic heterocycles. The molecule has 9 nitrogen and oxygen atoms in total. The number of ketones is 1. The number of carbonyl (C=O) groups is 3. The Morgan fingerprint density at radius 2 is 2.21 bits per heavy atom. The number of carbonyl (C=O) groups excluding carboxylic acids is 3. The molecule has 3 N–H and O–H groups in total. The van der Waals surface area contributed by atoms with Crippen LogP contribution in [-0.2, 0) is 9.59 Å². The zero-order valence-electron chi connectivity index (χ0n) is 17.3. The highest BCUT2D eigenvalue weighted by molar-refractivity contribution is 7.11. The number of piperazine rings is 1. The Balaban J connectivity index is 1.99. The first-order chi connectivity index (χ1) is 13.8. The van der Waals surface area contributed by atoms with E-state index in [1.54, 1.807) is 23.4 Å². The Labute approximate surface area is 175 Å². The lowest BCUT2D eigenvalue weighted by Gasteiger charge is -2.38. The minimum absolute atomic E-state index is 0.0491. The molecule has 1 aromatic heterocycles. The lowest BCUT2D eigenvalue weighted by Crippen LogP contribution is -2.57. The maximum atomic E-state index is 12.8. The second-order valence-electron chi connectivity index (χ2n) is 7.15. The zero-order chi connectivity index (χ0) is 21.4. The average molecular weight is 423 g/mol. The summed E-state index contributed by atoms with van der Waals surface area (Å²) < 4.78 is 0. The molecule has 1 saturated heterocycles. The van der Waals surface area contributed by atoms with E-state index in [1.807, 2.05) is 18.9 Å². The van der Waals surface area contributed by atoms with Crippen LogP contribution in [0.5, 0.6) is 0 Å². The Bertz CT molecular complexity index is 732. The van der Waals surface area contributed by atoms with Gasteiger partial charge in [-0.25, -0.2) is 4.98 Å². The molecule has 2 rings (SSSR count). The molecule has 2 amide bonds. The van der Waals surface area contributed by atoms with Crippen molar-refractivity contribution in [3.05, 3.63) is 16.6 Å². The van der Waals surface area contributed by atoms with E-state index in [-0.39, 0.29) is 30.2 Å². The lowest BCUT2D eigenvalue weighted by molar-refractivity contribution is -0.144. The summed E-state index contributed by atoms with van der Waals surface area (Å²) in [4.78, 5) is 49.7. The van der Waals surface area contributed by atoms with E-state index < -0.39 is 6.04 Å². The third-order valence-electron chi connectivity index (χ3n) is 4.88. The van der Waals surface area contributed by atoms with Gasteiger partial charge in [0.15, 0.2) is 5.01 Å². The van der Waals surface area contributed by atoms with Gasteiger partial charge in [0.05, 0.1) is 24.5 Å². The van der Waals surface area contributed by atoms with Crippen molar-refractivity contribution in [2.45, 2.75) is 45.2 Å². The largest absolute Gasteiger partial charge is 0.388 e. The minimum atomic E-state index is -0.702. The number of thiazole rings is 1. The van der Waals surface area contributed by atoms with Crippen molar-refractivity contribution in [2.75, 3.05) is 33.2 Å². The van der Waals surface area contributed by atoms with Gasteiger partial charge in [-0.1, -0.05) is 6.92 Å². The summed E-state index contributed by atoms with van der Waals surface area (Å²) in [6.45, 7) is 5.30. The van der Waals surface area contributed by atoms with Crippen molar-refractivity contribution < 1.29 is 14.4 Å². The fraction of sp³-hybridized carbons (Fsp3) is 0.632. The standard InChI is InChI=1S/C19H30N6O3S/c1-4-15-19(28)25(10-9-24(15)3)12-16(26)23-14(6-5-7-21-13(2)20)17(27)18-22-8-11-29-18/h8,11,14-15H,4-7,9-10,12H2,1-3H3,(H2,20,21)(H,23,26)/t14-,15-/m0/s1. The van der Waals surface area contributed by atoms with Gasteiger partial charge in [-0.15, -0.1) is 11.3 Å². The van der Waals surface area contributed by atoms with Crippen LogP contribution >= 0.6 is 11.3 Å². The first-order valence-corrected chi connectivity index (χ1v) is 10.7. The molecule has 10 heteroatoms. The third kappa shape index (κ3) is 6.60. The first-order valence-electron chi connectivity index (χ1n) is 9.82. The van der Waals surface area contributed by atoms with Gasteiger partial charge in [-0.3, -0.25) is 24.3 Å². The van der Waals surface area contributed by atoms with Crippen molar-refractivity contribution in [2.24, 2.45) is 10.7 Å². The number of Topliss-reactive ketones (excluding diaryl/α,β-unsaturated/α-hetero) is 1. The molecule has 0 aliphatic carbocycles. The number of nitrogens with zero attached hydrogens (tertiary/aromatic N) is 4. The van der Waals surface area contributed by atoms with Crippen LogP contribution in [0.15, 0.2) is 16.6 Å². The Kier molecular flexibility index (Phi) is 8.71. The molecule has 1 aromatic rings. The Hall–Kier alpha value is -2.33. The number of aromatic nitrogens is 1. The molecule has 0 radical (unpaired) electrons. The first kappa shape index (κ1) is 23.0. The highest BCUT2D eigenvalue weighted by Gasteiger charge is 2.33. The predicted octanol–water partition coefficient (Wildman–Crippen LogP) is 0.521. The molecule has 0 bridgehead atoms. The molecule has 29 heavy (non-hydrogen) atoms. The number of amidine groups is 1. The summed E-state index contributed by atoms with van der Waals surface area (Å²) in [6.07, 6.45) is 3.28. The summed E-state index contributed by atoms with van der Waals surface area (Å²) >= 11 is 1.24. The number of nitrogens with two attached hydrogens (primary N) is 1. The predicted molar refractivity (Wildman–Crippen MR) is 113 cm³/mol.